The van der Waals surface area contributed by atoms with Gasteiger partial charge in [0.1, 0.15) is 0 Å². The number of rotatable bonds is 6. The number of hydrogen-bond acceptors (Lipinski definition) is 3. The zero-order valence-electron chi connectivity index (χ0n) is 8.97. The number of hydrogen-bond donors (Lipinski definition) is 2. The van der Waals surface area contributed by atoms with E-state index in [0.29, 0.717) is 0 Å². The van der Waals surface area contributed by atoms with Crippen LogP contribution < -0.4 is 5.73 Å². The molecule has 0 rings (SSSR count). The Morgan fingerprint density at radius 2 is 1.87 bits per heavy atom. The van der Waals surface area contributed by atoms with Gasteiger partial charge < -0.3 is 10.8 Å². The summed E-state index contributed by atoms with van der Waals surface area (Å²) in [5.74, 6) is 0.0146. The van der Waals surface area contributed by atoms with Gasteiger partial charge in [0.15, 0.2) is 0 Å². The van der Waals surface area contributed by atoms with E-state index in [1.165, 1.54) is 0 Å². The normalized spacial score (nSPS) is 16.8. The summed E-state index contributed by atoms with van der Waals surface area (Å²) in [6.45, 7) is 3.77. The van der Waals surface area contributed by atoms with Crippen molar-refractivity contribution in [3.63, 3.8) is 0 Å². The average Bonchev–Trinajstić information content (AvgIpc) is 2.10. The number of aliphatic hydroxyl groups is 1. The molecule has 0 aromatic carbocycles. The Morgan fingerprint density at radius 3 is 2.13 bits per heavy atom. The van der Waals surface area contributed by atoms with Crippen molar-refractivity contribution >= 4 is 11.8 Å². The van der Waals surface area contributed by atoms with Gasteiger partial charge in [0.25, 0.3) is 0 Å². The van der Waals surface area contributed by atoms with E-state index in [-0.39, 0.29) is 43.0 Å². The van der Waals surface area contributed by atoms with Crippen molar-refractivity contribution in [3.8, 4) is 0 Å². The van der Waals surface area contributed by atoms with Crippen molar-refractivity contribution in [2.24, 2.45) is 17.1 Å². The van der Waals surface area contributed by atoms with E-state index in [4.69, 9.17) is 5.73 Å². The predicted molar refractivity (Wildman–Crippen MR) is 56.5 cm³/mol. The fraction of sp³-hybridized carbons (Fsp3) is 1.00. The molecule has 2 nitrogen and oxygen atoms in total. The Hall–Kier alpha value is 0.0600. The maximum absolute atomic E-state index is 11.9. The quantitative estimate of drug-likeness (QED) is 0.754. The first-order valence-corrected chi connectivity index (χ1v) is 5.77. The molecule has 0 heterocycles. The van der Waals surface area contributed by atoms with Crippen LogP contribution in [0.15, 0.2) is 0 Å². The number of thioether (sulfide) groups is 1. The predicted octanol–water partition coefficient (Wildman–Crippen LogP) is 2.22. The number of alkyl halides is 3. The summed E-state index contributed by atoms with van der Waals surface area (Å²) >= 11 is -0.0581. The molecule has 0 aliphatic heterocycles. The molecule has 15 heavy (non-hydrogen) atoms. The van der Waals surface area contributed by atoms with Crippen LogP contribution >= 0.6 is 11.8 Å². The first kappa shape index (κ1) is 15.1. The van der Waals surface area contributed by atoms with Crippen LogP contribution in [0.4, 0.5) is 13.2 Å². The van der Waals surface area contributed by atoms with E-state index in [1.807, 2.05) is 13.8 Å². The van der Waals surface area contributed by atoms with Crippen molar-refractivity contribution in [2.75, 3.05) is 18.9 Å². The maximum atomic E-state index is 11.9. The van der Waals surface area contributed by atoms with Crippen LogP contribution in [-0.4, -0.2) is 29.5 Å². The molecule has 0 bridgehead atoms. The lowest BCUT2D eigenvalue weighted by molar-refractivity contribution is -0.0331. The molecule has 0 radical (unpaired) electrons. The molecule has 0 fully saturated rings. The average molecular weight is 245 g/mol. The van der Waals surface area contributed by atoms with Gasteiger partial charge in [-0.3, -0.25) is 0 Å². The molecule has 0 aliphatic carbocycles. The topological polar surface area (TPSA) is 46.2 Å². The highest BCUT2D eigenvalue weighted by molar-refractivity contribution is 8.00. The van der Waals surface area contributed by atoms with E-state index in [0.717, 1.165) is 0 Å². The molecule has 92 valence electrons. The van der Waals surface area contributed by atoms with Gasteiger partial charge in [0.2, 0.25) is 0 Å². The summed E-state index contributed by atoms with van der Waals surface area (Å²) in [6, 6.07) is 0. The highest BCUT2D eigenvalue weighted by Crippen LogP contribution is 2.36. The lowest BCUT2D eigenvalue weighted by Gasteiger charge is -2.34. The van der Waals surface area contributed by atoms with E-state index in [1.54, 1.807) is 0 Å². The third-order valence-corrected chi connectivity index (χ3v) is 3.55. The van der Waals surface area contributed by atoms with Gasteiger partial charge >= 0.3 is 5.51 Å². The minimum absolute atomic E-state index is 0.0561. The van der Waals surface area contributed by atoms with Gasteiger partial charge in [0, 0.05) is 17.7 Å². The second-order valence-corrected chi connectivity index (χ2v) is 5.08. The van der Waals surface area contributed by atoms with Crippen LogP contribution in [0.25, 0.3) is 0 Å². The largest absolute Gasteiger partial charge is 0.441 e. The first-order valence-electron chi connectivity index (χ1n) is 4.79. The number of nitrogens with two attached hydrogens (primary N) is 1. The summed E-state index contributed by atoms with van der Waals surface area (Å²) < 4.78 is 35.7. The molecule has 1 unspecified atom stereocenters. The summed E-state index contributed by atoms with van der Waals surface area (Å²) in [5.41, 5.74) is 0.732. The monoisotopic (exact) mass is 245 g/mol. The Bertz CT molecular complexity index is 181. The fourth-order valence-corrected chi connectivity index (χ4v) is 2.06. The Morgan fingerprint density at radius 1 is 1.33 bits per heavy atom. The lowest BCUT2D eigenvalue weighted by Crippen LogP contribution is -2.39. The third kappa shape index (κ3) is 5.08. The van der Waals surface area contributed by atoms with E-state index >= 15 is 0 Å². The minimum atomic E-state index is -4.20. The highest BCUT2D eigenvalue weighted by atomic mass is 32.2. The van der Waals surface area contributed by atoms with Crippen molar-refractivity contribution in [2.45, 2.75) is 25.8 Å². The van der Waals surface area contributed by atoms with Crippen molar-refractivity contribution in [1.82, 2.24) is 0 Å². The summed E-state index contributed by atoms with van der Waals surface area (Å²) in [5, 5.41) is 9.21. The van der Waals surface area contributed by atoms with E-state index in [2.05, 4.69) is 0 Å². The van der Waals surface area contributed by atoms with Crippen molar-refractivity contribution in [3.05, 3.63) is 0 Å². The summed E-state index contributed by atoms with van der Waals surface area (Å²) in [4.78, 5) is 0. The second-order valence-electron chi connectivity index (χ2n) is 3.92. The minimum Gasteiger partial charge on any atom is -0.396 e. The molecule has 0 spiro atoms. The van der Waals surface area contributed by atoms with Crippen LogP contribution in [0, 0.1) is 11.3 Å². The van der Waals surface area contributed by atoms with Gasteiger partial charge in [-0.15, -0.1) is 0 Å². The van der Waals surface area contributed by atoms with Crippen LogP contribution in [0.3, 0.4) is 0 Å². The Labute approximate surface area is 92.4 Å². The molecule has 0 aliphatic rings. The van der Waals surface area contributed by atoms with Crippen LogP contribution in [0.2, 0.25) is 0 Å². The van der Waals surface area contributed by atoms with Crippen molar-refractivity contribution < 1.29 is 18.3 Å². The first-order chi connectivity index (χ1) is 6.77. The molecule has 1 atom stereocenters. The van der Waals surface area contributed by atoms with E-state index in [9.17, 15) is 18.3 Å². The zero-order chi connectivity index (χ0) is 12.1. The zero-order valence-corrected chi connectivity index (χ0v) is 9.79. The molecule has 0 aromatic heterocycles. The van der Waals surface area contributed by atoms with Crippen LogP contribution in [-0.2, 0) is 0 Å². The lowest BCUT2D eigenvalue weighted by atomic mass is 9.76. The molecular weight excluding hydrogens is 227 g/mol. The molecule has 0 saturated carbocycles. The van der Waals surface area contributed by atoms with Gasteiger partial charge in [-0.1, -0.05) is 25.6 Å². The molecule has 0 aromatic rings. The fourth-order valence-electron chi connectivity index (χ4n) is 1.32. The molecule has 3 N–H and O–H groups in total. The van der Waals surface area contributed by atoms with Gasteiger partial charge in [-0.05, 0) is 12.3 Å². The smallest absolute Gasteiger partial charge is 0.396 e. The highest BCUT2D eigenvalue weighted by Gasteiger charge is 2.34. The third-order valence-electron chi connectivity index (χ3n) is 2.81. The summed E-state index contributed by atoms with van der Waals surface area (Å²) in [7, 11) is 0. The molecule has 0 saturated heterocycles. The van der Waals surface area contributed by atoms with Crippen LogP contribution in [0.1, 0.15) is 20.3 Å². The van der Waals surface area contributed by atoms with Crippen LogP contribution in [0.5, 0.6) is 0 Å². The Kier molecular flexibility index (Phi) is 5.98. The number of aliphatic hydroxyl groups excluding tert-OH is 1. The van der Waals surface area contributed by atoms with Crippen molar-refractivity contribution in [1.29, 1.82) is 0 Å². The SMILES string of the molecule is CC(C)C(CN)(CO)CCSC(F)(F)F. The molecule has 6 heteroatoms. The number of halogens is 3. The van der Waals surface area contributed by atoms with Gasteiger partial charge in [-0.2, -0.15) is 13.2 Å². The second kappa shape index (κ2) is 5.96. The molecule has 0 amide bonds. The van der Waals surface area contributed by atoms with Gasteiger partial charge in [-0.25, -0.2) is 0 Å². The standard InChI is InChI=1S/C9H18F3NOS/c1-7(2)8(5-13,6-14)3-4-15-9(10,11)12/h7,14H,3-6,13H2,1-2H3. The Balaban J connectivity index is 4.19. The summed E-state index contributed by atoms with van der Waals surface area (Å²) in [6.07, 6.45) is 0.280. The van der Waals surface area contributed by atoms with E-state index < -0.39 is 10.9 Å². The maximum Gasteiger partial charge on any atom is 0.441 e. The molecular formula is C9H18F3NOS. The van der Waals surface area contributed by atoms with Gasteiger partial charge in [0.05, 0.1) is 6.61 Å².